The number of nitrogens with one attached hydrogen (secondary N) is 2. The Kier molecular flexibility index (Phi) is 20.0. The number of hydrogen-bond acceptors (Lipinski definition) is 18. The van der Waals surface area contributed by atoms with Gasteiger partial charge in [0, 0.05) is 25.7 Å². The highest BCUT2D eigenvalue weighted by atomic mass is 31.2. The highest BCUT2D eigenvalue weighted by Crippen LogP contribution is 2.50. The van der Waals surface area contributed by atoms with E-state index in [0.29, 0.717) is 0 Å². The van der Waals surface area contributed by atoms with E-state index in [9.17, 15) is 38.1 Å². The summed E-state index contributed by atoms with van der Waals surface area (Å²) >= 11 is 0. The van der Waals surface area contributed by atoms with E-state index < -0.39 is 131 Å². The summed E-state index contributed by atoms with van der Waals surface area (Å²) in [5, 5.41) is 24.6. The number of carbonyl (C=O) groups excluding carboxylic acids is 2. The standard InChI is InChI=1S/C19H31F2N4O6P.C18H30FN4O7P.CH4/c1-10(2)30-18(27)11(3)24-32(6,28)29-9-19(5)14(8-26)31-17(15(19)21)25-7-13(20)16(22)23-12(25)4;1-10(2)29-16(25)11(3)22-31(5,27)28-9-18(4)12(8-24)30-15(14(18)19)23-7-6-13(20)21-17(23)26;/h7,10-11,14-15,17,26H,4,8-9H2,1-3,5-6H3,(H2,22,23)(H,24,28);6-7,10-12,14-15,24H,8-9H2,1-5H3,(H,22,27)(H2,20,21,26);1H4/t11-,14+,15-,17-,19?,32?;11-,12+,14-,15-,18?,31?;/m00./s1. The zero-order valence-corrected chi connectivity index (χ0v) is 38.7. The molecule has 4 rings (SSSR count). The van der Waals surface area contributed by atoms with Gasteiger partial charge in [0.2, 0.25) is 0 Å². The van der Waals surface area contributed by atoms with Crippen molar-refractivity contribution in [1.82, 2.24) is 24.6 Å². The van der Waals surface area contributed by atoms with Gasteiger partial charge in [-0.15, -0.1) is 0 Å². The number of carbonyl (C=O) groups is 2. The molecule has 3 aliphatic rings. The van der Waals surface area contributed by atoms with Crippen LogP contribution in [0.15, 0.2) is 46.5 Å². The molecule has 1 aromatic rings. The minimum atomic E-state index is -3.58. The maximum absolute atomic E-state index is 15.6. The quantitative estimate of drug-likeness (QED) is 0.0909. The van der Waals surface area contributed by atoms with E-state index >= 15 is 8.78 Å². The molecule has 2 saturated heterocycles. The summed E-state index contributed by atoms with van der Waals surface area (Å²) in [6.07, 6.45) is -7.04. The van der Waals surface area contributed by atoms with Crippen molar-refractivity contribution in [3.05, 3.63) is 47.2 Å². The third kappa shape index (κ3) is 13.9. The second-order valence-electron chi connectivity index (χ2n) is 16.5. The van der Waals surface area contributed by atoms with Crippen molar-refractivity contribution in [2.24, 2.45) is 21.6 Å². The van der Waals surface area contributed by atoms with Crippen LogP contribution in [0.25, 0.3) is 0 Å². The van der Waals surface area contributed by atoms with Gasteiger partial charge in [-0.25, -0.2) is 33.1 Å². The number of aromatic nitrogens is 2. The van der Waals surface area contributed by atoms with Crippen molar-refractivity contribution < 1.29 is 70.1 Å². The van der Waals surface area contributed by atoms with Gasteiger partial charge in [0.1, 0.15) is 23.7 Å². The predicted octanol–water partition coefficient (Wildman–Crippen LogP) is 3.24. The first-order chi connectivity index (χ1) is 29.0. The second kappa shape index (κ2) is 22.7. The van der Waals surface area contributed by atoms with Crippen molar-refractivity contribution in [1.29, 1.82) is 0 Å². The Hall–Kier alpha value is -3.70. The van der Waals surface area contributed by atoms with Crippen LogP contribution >= 0.6 is 15.0 Å². The molecule has 4 unspecified atom stereocenters. The summed E-state index contributed by atoms with van der Waals surface area (Å²) in [6, 6.07) is -0.538. The zero-order valence-electron chi connectivity index (χ0n) is 36.9. The third-order valence-electron chi connectivity index (χ3n) is 10.1. The summed E-state index contributed by atoms with van der Waals surface area (Å²) < 4.78 is 104. The minimum absolute atomic E-state index is 0. The van der Waals surface area contributed by atoms with Gasteiger partial charge < -0.3 is 54.6 Å². The average molecular weight is 961 g/mol. The second-order valence-corrected chi connectivity index (χ2v) is 20.9. The number of aliphatic hydroxyl groups is 2. The highest BCUT2D eigenvalue weighted by molar-refractivity contribution is 7.56. The van der Waals surface area contributed by atoms with E-state index in [1.165, 1.54) is 53.3 Å². The molecule has 1 aromatic heterocycles. The Morgan fingerprint density at radius 1 is 0.891 bits per heavy atom. The van der Waals surface area contributed by atoms with E-state index in [0.717, 1.165) is 15.7 Å². The number of esters is 2. The van der Waals surface area contributed by atoms with Crippen LogP contribution in [0.2, 0.25) is 0 Å². The van der Waals surface area contributed by atoms with Crippen LogP contribution in [0, 0.1) is 10.8 Å². The lowest BCUT2D eigenvalue weighted by Gasteiger charge is -2.33. The van der Waals surface area contributed by atoms with Crippen LogP contribution in [-0.4, -0.2) is 137 Å². The maximum Gasteiger partial charge on any atom is 0.351 e. The number of aliphatic imine (C=N–C) groups is 1. The molecule has 366 valence electrons. The van der Waals surface area contributed by atoms with Crippen LogP contribution < -0.4 is 27.3 Å². The Morgan fingerprint density at radius 2 is 1.31 bits per heavy atom. The number of nitrogens with zero attached hydrogens (tertiary/aromatic N) is 4. The van der Waals surface area contributed by atoms with Crippen molar-refractivity contribution >= 4 is 38.6 Å². The van der Waals surface area contributed by atoms with Gasteiger partial charge in [0.05, 0.1) is 61.7 Å². The largest absolute Gasteiger partial charge is 0.462 e. The average Bonchev–Trinajstić information content (AvgIpc) is 3.58. The highest BCUT2D eigenvalue weighted by Gasteiger charge is 2.58. The van der Waals surface area contributed by atoms with Crippen molar-refractivity contribution in [3.8, 4) is 0 Å². The molecule has 0 saturated carbocycles. The van der Waals surface area contributed by atoms with E-state index in [-0.39, 0.29) is 31.3 Å². The number of ether oxygens (including phenoxy) is 4. The molecular weight excluding hydrogens is 895 g/mol. The molecule has 3 aliphatic heterocycles. The summed E-state index contributed by atoms with van der Waals surface area (Å²) in [5.74, 6) is -2.57. The van der Waals surface area contributed by atoms with Crippen LogP contribution in [0.5, 0.6) is 0 Å². The van der Waals surface area contributed by atoms with Crippen LogP contribution in [-0.2, 0) is 46.7 Å². The monoisotopic (exact) mass is 960 g/mol. The summed E-state index contributed by atoms with van der Waals surface area (Å²) in [7, 11) is -7.15. The topological polar surface area (TPSA) is 291 Å². The fraction of sp³-hybridized carbons (Fsp3) is 0.711. The minimum Gasteiger partial charge on any atom is -0.462 e. The molecule has 21 nitrogen and oxygen atoms in total. The molecule has 0 amide bonds. The van der Waals surface area contributed by atoms with E-state index in [4.69, 9.17) is 39.5 Å². The number of amidine groups is 1. The molecule has 0 radical (unpaired) electrons. The van der Waals surface area contributed by atoms with Gasteiger partial charge in [-0.3, -0.25) is 23.3 Å². The Balaban J connectivity index is 0.000000434. The van der Waals surface area contributed by atoms with Crippen molar-refractivity contribution in [2.45, 2.75) is 124 Å². The first-order valence-electron chi connectivity index (χ1n) is 19.8. The molecule has 2 fully saturated rings. The first kappa shape index (κ1) is 56.4. The fourth-order valence-electron chi connectivity index (χ4n) is 6.48. The lowest BCUT2D eigenvalue weighted by molar-refractivity contribution is -0.149. The molecule has 0 spiro atoms. The first-order valence-corrected chi connectivity index (χ1v) is 23.9. The molecule has 12 atom stereocenters. The predicted molar refractivity (Wildman–Crippen MR) is 231 cm³/mol. The third-order valence-corrected chi connectivity index (χ3v) is 13.1. The number of alkyl halides is 2. The Labute approximate surface area is 371 Å². The van der Waals surface area contributed by atoms with E-state index in [1.54, 1.807) is 27.7 Å². The number of nitrogens with two attached hydrogens (primary N) is 2. The van der Waals surface area contributed by atoms with Gasteiger partial charge in [0.25, 0.3) is 15.0 Å². The van der Waals surface area contributed by atoms with Crippen molar-refractivity contribution in [2.75, 3.05) is 45.5 Å². The molecule has 64 heavy (non-hydrogen) atoms. The number of aliphatic hydroxyl groups excluding tert-OH is 2. The molecule has 26 heteroatoms. The number of nitrogen functional groups attached to an aromatic ring is 1. The molecule has 0 aliphatic carbocycles. The number of halogens is 3. The molecule has 4 heterocycles. The van der Waals surface area contributed by atoms with E-state index in [1.807, 2.05) is 0 Å². The molecule has 0 aromatic carbocycles. The number of hydrogen-bond donors (Lipinski definition) is 6. The molecule has 0 bridgehead atoms. The molecular formula is C38H65F3N8O13P2. The van der Waals surface area contributed by atoms with Crippen LogP contribution in [0.4, 0.5) is 19.0 Å². The van der Waals surface area contributed by atoms with Gasteiger partial charge in [0.15, 0.2) is 36.5 Å². The fourth-order valence-corrected chi connectivity index (χ4v) is 9.30. The SMILES string of the molecule is C.C=C1N=C(N)C(F)=CN1[C@H]1O[C@H](CO)C(C)(COP(C)(=O)N[C@@H](C)C(=O)OC(C)C)[C@H]1F.CC(C)OC(=O)[C@H](C)NP(C)(=O)OCC1(C)[C@@H](CO)O[C@H](n2ccc(N)nc2=O)[C@@H]1F. The zero-order chi connectivity index (χ0) is 48.0. The maximum atomic E-state index is 15.6. The lowest BCUT2D eigenvalue weighted by atomic mass is 9.82. The van der Waals surface area contributed by atoms with Crippen LogP contribution in [0.3, 0.4) is 0 Å². The molecule has 8 N–H and O–H groups in total. The van der Waals surface area contributed by atoms with Gasteiger partial charge >= 0.3 is 17.6 Å². The number of anilines is 1. The number of rotatable bonds is 18. The Morgan fingerprint density at radius 3 is 1.72 bits per heavy atom. The van der Waals surface area contributed by atoms with Crippen molar-refractivity contribution in [3.63, 3.8) is 0 Å². The summed E-state index contributed by atoms with van der Waals surface area (Å²) in [6.45, 7) is 16.7. The van der Waals surface area contributed by atoms with Gasteiger partial charge in [-0.2, -0.15) is 4.98 Å². The normalized spacial score (nSPS) is 29.6. The Bertz CT molecular complexity index is 2030. The van der Waals surface area contributed by atoms with Gasteiger partial charge in [-0.1, -0.05) is 27.9 Å². The smallest absolute Gasteiger partial charge is 0.351 e. The summed E-state index contributed by atoms with van der Waals surface area (Å²) in [4.78, 5) is 44.3. The summed E-state index contributed by atoms with van der Waals surface area (Å²) in [5.41, 5.74) is 7.14. The van der Waals surface area contributed by atoms with Crippen LogP contribution in [0.1, 0.15) is 69.0 Å². The van der Waals surface area contributed by atoms with E-state index in [2.05, 4.69) is 26.7 Å². The lowest BCUT2D eigenvalue weighted by Crippen LogP contribution is -2.45. The van der Waals surface area contributed by atoms with Gasteiger partial charge in [-0.05, 0) is 47.6 Å².